The van der Waals surface area contributed by atoms with Crippen LogP contribution in [0.5, 0.6) is 5.75 Å². The number of benzene rings is 1. The van der Waals surface area contributed by atoms with Crippen LogP contribution in [0.3, 0.4) is 0 Å². The number of esters is 2. The van der Waals surface area contributed by atoms with Crippen molar-refractivity contribution in [2.45, 2.75) is 65.6 Å². The molecule has 0 amide bonds. The molecule has 5 nitrogen and oxygen atoms in total. The highest BCUT2D eigenvalue weighted by molar-refractivity contribution is 5.79. The van der Waals surface area contributed by atoms with Crippen LogP contribution in [0, 0.1) is 0 Å². The van der Waals surface area contributed by atoms with Crippen molar-refractivity contribution < 1.29 is 23.8 Å². The van der Waals surface area contributed by atoms with Gasteiger partial charge in [0, 0.05) is 6.42 Å². The van der Waals surface area contributed by atoms with Crippen LogP contribution in [-0.4, -0.2) is 29.7 Å². The van der Waals surface area contributed by atoms with Crippen molar-refractivity contribution in [3.63, 3.8) is 0 Å². The fraction of sp³-hybridized carbons (Fsp3) is 0.579. The molecule has 1 aromatic rings. The molecule has 0 N–H and O–H groups in total. The molecular weight excluding hydrogens is 308 g/mol. The minimum absolute atomic E-state index is 0.224. The van der Waals surface area contributed by atoms with Crippen molar-refractivity contribution in [3.05, 3.63) is 29.8 Å². The van der Waals surface area contributed by atoms with Gasteiger partial charge in [0.2, 0.25) is 0 Å². The molecule has 0 fully saturated rings. The van der Waals surface area contributed by atoms with Crippen molar-refractivity contribution >= 4 is 11.9 Å². The molecule has 0 saturated carbocycles. The molecule has 24 heavy (non-hydrogen) atoms. The molecule has 0 unspecified atom stereocenters. The zero-order valence-electron chi connectivity index (χ0n) is 15.5. The molecule has 0 aliphatic rings. The highest BCUT2D eigenvalue weighted by Gasteiger charge is 2.34. The molecule has 0 aliphatic carbocycles. The smallest absolute Gasteiger partial charge is 0.350 e. The van der Waals surface area contributed by atoms with Crippen LogP contribution in [0.1, 0.15) is 53.5 Å². The maximum Gasteiger partial charge on any atom is 0.350 e. The molecule has 0 heterocycles. The van der Waals surface area contributed by atoms with Gasteiger partial charge < -0.3 is 14.2 Å². The summed E-state index contributed by atoms with van der Waals surface area (Å²) in [4.78, 5) is 23.7. The molecule has 5 heteroatoms. The van der Waals surface area contributed by atoms with Crippen LogP contribution in [0.25, 0.3) is 0 Å². The monoisotopic (exact) mass is 336 g/mol. The van der Waals surface area contributed by atoms with E-state index in [1.54, 1.807) is 26.8 Å². The predicted molar refractivity (Wildman–Crippen MR) is 91.9 cm³/mol. The second-order valence-electron chi connectivity index (χ2n) is 7.07. The Morgan fingerprint density at radius 1 is 1.08 bits per heavy atom. The molecule has 134 valence electrons. The van der Waals surface area contributed by atoms with Crippen LogP contribution < -0.4 is 4.74 Å². The van der Waals surface area contributed by atoms with Crippen LogP contribution in [0.2, 0.25) is 0 Å². The van der Waals surface area contributed by atoms with Gasteiger partial charge in [0.05, 0.1) is 6.61 Å². The van der Waals surface area contributed by atoms with E-state index in [-0.39, 0.29) is 5.97 Å². The molecule has 0 saturated heterocycles. The van der Waals surface area contributed by atoms with E-state index in [1.165, 1.54) is 0 Å². The molecule has 0 aliphatic heterocycles. The molecule has 0 aromatic heterocycles. The molecule has 1 rings (SSSR count). The molecule has 0 atom stereocenters. The topological polar surface area (TPSA) is 61.8 Å². The standard InChI is InChI=1S/C19H28O5/c1-7-22-16(20)12-11-14-9-8-10-15(13-14)23-19(5,6)17(21)24-18(2,3)4/h8-10,13H,7,11-12H2,1-6H3. The molecule has 0 bridgehead atoms. The normalized spacial score (nSPS) is 11.8. The van der Waals surface area contributed by atoms with Crippen molar-refractivity contribution in [1.29, 1.82) is 0 Å². The summed E-state index contributed by atoms with van der Waals surface area (Å²) in [6, 6.07) is 7.35. The zero-order valence-corrected chi connectivity index (χ0v) is 15.5. The van der Waals surface area contributed by atoms with Crippen LogP contribution in [0.4, 0.5) is 0 Å². The second-order valence-corrected chi connectivity index (χ2v) is 7.07. The number of rotatable bonds is 7. The summed E-state index contributed by atoms with van der Waals surface area (Å²) in [6.07, 6.45) is 0.871. The Hall–Kier alpha value is -2.04. The predicted octanol–water partition coefficient (Wildman–Crippen LogP) is 3.68. The number of ether oxygens (including phenoxy) is 3. The SMILES string of the molecule is CCOC(=O)CCc1cccc(OC(C)(C)C(=O)OC(C)(C)C)c1. The lowest BCUT2D eigenvalue weighted by molar-refractivity contribution is -0.170. The Morgan fingerprint density at radius 3 is 2.33 bits per heavy atom. The lowest BCUT2D eigenvalue weighted by Gasteiger charge is -2.29. The average Bonchev–Trinajstić information content (AvgIpc) is 2.43. The molecule has 0 radical (unpaired) electrons. The van der Waals surface area contributed by atoms with Gasteiger partial charge >= 0.3 is 11.9 Å². The Bertz CT molecular complexity index is 569. The summed E-state index contributed by atoms with van der Waals surface area (Å²) >= 11 is 0. The first-order valence-corrected chi connectivity index (χ1v) is 8.20. The number of hydrogen-bond acceptors (Lipinski definition) is 5. The molecular formula is C19H28O5. The van der Waals surface area contributed by atoms with Crippen molar-refractivity contribution in [3.8, 4) is 5.75 Å². The van der Waals surface area contributed by atoms with Gasteiger partial charge in [-0.05, 0) is 65.7 Å². The maximum absolute atomic E-state index is 12.2. The van der Waals surface area contributed by atoms with E-state index in [4.69, 9.17) is 14.2 Å². The van der Waals surface area contributed by atoms with Crippen molar-refractivity contribution in [1.82, 2.24) is 0 Å². The van der Waals surface area contributed by atoms with E-state index >= 15 is 0 Å². The second kappa shape index (κ2) is 8.18. The van der Waals surface area contributed by atoms with Gasteiger partial charge in [0.1, 0.15) is 11.4 Å². The van der Waals surface area contributed by atoms with E-state index in [0.29, 0.717) is 25.2 Å². The first kappa shape index (κ1) is 20.0. The number of carbonyl (C=O) groups excluding carboxylic acids is 2. The fourth-order valence-electron chi connectivity index (χ4n) is 1.98. The first-order chi connectivity index (χ1) is 11.0. The van der Waals surface area contributed by atoms with E-state index in [1.807, 2.05) is 39.0 Å². The fourth-order valence-corrected chi connectivity index (χ4v) is 1.98. The van der Waals surface area contributed by atoms with Gasteiger partial charge in [-0.25, -0.2) is 4.79 Å². The lowest BCUT2D eigenvalue weighted by Crippen LogP contribution is -2.43. The third-order valence-electron chi connectivity index (χ3n) is 3.09. The largest absolute Gasteiger partial charge is 0.476 e. The summed E-state index contributed by atoms with van der Waals surface area (Å²) in [6.45, 7) is 11.0. The quantitative estimate of drug-likeness (QED) is 0.711. The summed E-state index contributed by atoms with van der Waals surface area (Å²) in [5.41, 5.74) is -0.729. The molecule has 0 spiro atoms. The van der Waals surface area contributed by atoms with Gasteiger partial charge in [-0.15, -0.1) is 0 Å². The highest BCUT2D eigenvalue weighted by Crippen LogP contribution is 2.23. The minimum Gasteiger partial charge on any atom is -0.476 e. The van der Waals surface area contributed by atoms with Crippen molar-refractivity contribution in [2.24, 2.45) is 0 Å². The summed E-state index contributed by atoms with van der Waals surface area (Å²) in [7, 11) is 0. The van der Waals surface area contributed by atoms with Gasteiger partial charge in [0.15, 0.2) is 5.60 Å². The van der Waals surface area contributed by atoms with Crippen LogP contribution >= 0.6 is 0 Å². The molecule has 1 aromatic carbocycles. The van der Waals surface area contributed by atoms with E-state index in [0.717, 1.165) is 5.56 Å². The Morgan fingerprint density at radius 2 is 1.75 bits per heavy atom. The van der Waals surface area contributed by atoms with Crippen LogP contribution in [-0.2, 0) is 25.5 Å². The Kier molecular flexibility index (Phi) is 6.81. The average molecular weight is 336 g/mol. The summed E-state index contributed by atoms with van der Waals surface area (Å²) in [5.74, 6) is -0.0861. The Labute approximate surface area is 144 Å². The number of hydrogen-bond donors (Lipinski definition) is 0. The minimum atomic E-state index is -1.10. The van der Waals surface area contributed by atoms with Gasteiger partial charge in [-0.3, -0.25) is 4.79 Å². The van der Waals surface area contributed by atoms with Gasteiger partial charge in [0.25, 0.3) is 0 Å². The summed E-state index contributed by atoms with van der Waals surface area (Å²) in [5, 5.41) is 0. The third kappa shape index (κ3) is 7.02. The van der Waals surface area contributed by atoms with Crippen molar-refractivity contribution in [2.75, 3.05) is 6.61 Å². The maximum atomic E-state index is 12.2. The lowest BCUT2D eigenvalue weighted by atomic mass is 10.1. The van der Waals surface area contributed by atoms with Gasteiger partial charge in [-0.2, -0.15) is 0 Å². The number of carbonyl (C=O) groups is 2. The Balaban J connectivity index is 2.72. The van der Waals surface area contributed by atoms with E-state index in [2.05, 4.69) is 0 Å². The van der Waals surface area contributed by atoms with Crippen LogP contribution in [0.15, 0.2) is 24.3 Å². The number of aryl methyl sites for hydroxylation is 1. The van der Waals surface area contributed by atoms with Gasteiger partial charge in [-0.1, -0.05) is 12.1 Å². The zero-order chi connectivity index (χ0) is 18.4. The summed E-state index contributed by atoms with van der Waals surface area (Å²) < 4.78 is 16.1. The third-order valence-corrected chi connectivity index (χ3v) is 3.09. The first-order valence-electron chi connectivity index (χ1n) is 8.20. The van der Waals surface area contributed by atoms with E-state index < -0.39 is 17.2 Å². The highest BCUT2D eigenvalue weighted by atomic mass is 16.6. The van der Waals surface area contributed by atoms with E-state index in [9.17, 15) is 9.59 Å².